The van der Waals surface area contributed by atoms with Crippen LogP contribution in [0.5, 0.6) is 0 Å². The first-order valence-electron chi connectivity index (χ1n) is 5.58. The maximum absolute atomic E-state index is 11.1. The van der Waals surface area contributed by atoms with Gasteiger partial charge in [0.2, 0.25) is 0 Å². The Hall–Kier alpha value is -1.04. The Morgan fingerprint density at radius 1 is 1.18 bits per heavy atom. The van der Waals surface area contributed by atoms with Gasteiger partial charge in [-0.1, -0.05) is 0 Å². The molecule has 0 saturated carbocycles. The van der Waals surface area contributed by atoms with Crippen molar-refractivity contribution in [3.8, 4) is 0 Å². The Kier molecular flexibility index (Phi) is 9.52. The zero-order chi connectivity index (χ0) is 13.1. The molecule has 0 aromatic heterocycles. The van der Waals surface area contributed by atoms with Gasteiger partial charge < -0.3 is 0 Å². The Balaban J connectivity index is 0.000000354. The van der Waals surface area contributed by atoms with E-state index in [9.17, 15) is 9.59 Å². The normalized spacial score (nSPS) is 8.82. The molecule has 0 N–H and O–H groups in total. The van der Waals surface area contributed by atoms with Gasteiger partial charge in [0.1, 0.15) is 0 Å². The van der Waals surface area contributed by atoms with Gasteiger partial charge in [0.25, 0.3) is 0 Å². The van der Waals surface area contributed by atoms with Crippen molar-refractivity contribution in [1.29, 1.82) is 0 Å². The summed E-state index contributed by atoms with van der Waals surface area (Å²) in [5.74, 6) is -0.217. The SMILES string of the molecule is CCCCC(=O)[C](=[Cr])C(C)=O.[c-]1ccccc1. The van der Waals surface area contributed by atoms with Gasteiger partial charge in [-0.25, -0.2) is 0 Å². The number of hydrogen-bond donors (Lipinski definition) is 0. The van der Waals surface area contributed by atoms with Crippen LogP contribution in [0.1, 0.15) is 33.1 Å². The van der Waals surface area contributed by atoms with E-state index >= 15 is 0 Å². The molecule has 92 valence electrons. The standard InChI is InChI=1S/C8H12O2.C6H5.Cr/c1-3-4-5-8(10)6-7(2)9;1-2-4-6-5-3-1;/h3-5H2,1-2H3;1-5H;/q;-1;. The number of benzene rings is 1. The van der Waals surface area contributed by atoms with E-state index in [0.717, 1.165) is 12.8 Å². The van der Waals surface area contributed by atoms with E-state index in [2.05, 4.69) is 21.9 Å². The van der Waals surface area contributed by atoms with Gasteiger partial charge in [-0.2, -0.15) is 36.4 Å². The molecular formula is C14H17CrO2-. The van der Waals surface area contributed by atoms with Gasteiger partial charge in [-0.3, -0.25) is 0 Å². The van der Waals surface area contributed by atoms with Crippen molar-refractivity contribution in [2.24, 2.45) is 0 Å². The quantitative estimate of drug-likeness (QED) is 0.608. The summed E-state index contributed by atoms with van der Waals surface area (Å²) in [6.45, 7) is 3.41. The Morgan fingerprint density at radius 2 is 1.76 bits per heavy atom. The summed E-state index contributed by atoms with van der Waals surface area (Å²) in [5, 5.41) is 0. The van der Waals surface area contributed by atoms with E-state index in [0.29, 0.717) is 6.42 Å². The number of hydrogen-bond acceptors (Lipinski definition) is 2. The third-order valence-corrected chi connectivity index (χ3v) is 2.74. The van der Waals surface area contributed by atoms with Gasteiger partial charge in [0, 0.05) is 0 Å². The van der Waals surface area contributed by atoms with E-state index in [1.165, 1.54) is 6.92 Å². The molecule has 0 aliphatic rings. The molecule has 0 aliphatic carbocycles. The minimum atomic E-state index is -0.161. The Labute approximate surface area is 111 Å². The van der Waals surface area contributed by atoms with Crippen molar-refractivity contribution in [3.05, 3.63) is 36.4 Å². The van der Waals surface area contributed by atoms with Crippen LogP contribution >= 0.6 is 0 Å². The van der Waals surface area contributed by atoms with Crippen molar-refractivity contribution in [1.82, 2.24) is 0 Å². The monoisotopic (exact) mass is 269 g/mol. The third kappa shape index (κ3) is 8.74. The molecule has 0 heterocycles. The average Bonchev–Trinajstić information content (AvgIpc) is 2.37. The fraction of sp³-hybridized carbons (Fsp3) is 0.357. The van der Waals surface area contributed by atoms with Crippen molar-refractivity contribution in [3.63, 3.8) is 0 Å². The average molecular weight is 269 g/mol. The van der Waals surface area contributed by atoms with Gasteiger partial charge in [0.05, 0.1) is 0 Å². The number of carbonyl (C=O) groups excluding carboxylic acids is 2. The molecule has 0 aliphatic heterocycles. The molecule has 0 fully saturated rings. The molecule has 0 unspecified atom stereocenters. The molecule has 17 heavy (non-hydrogen) atoms. The van der Waals surface area contributed by atoms with Crippen LogP contribution in [-0.2, 0) is 25.4 Å². The Bertz CT molecular complexity index is 331. The minimum Gasteiger partial charge on any atom is -0.184 e. The summed E-state index contributed by atoms with van der Waals surface area (Å²) in [5.41, 5.74) is 0. The molecule has 0 saturated heterocycles. The smallest absolute Gasteiger partial charge is 0.171 e. The molecule has 1 aromatic rings. The van der Waals surface area contributed by atoms with E-state index < -0.39 is 0 Å². The second-order valence-electron chi connectivity index (χ2n) is 3.49. The predicted molar refractivity (Wildman–Crippen MR) is 65.5 cm³/mol. The summed E-state index contributed by atoms with van der Waals surface area (Å²) in [6.07, 6.45) is 2.33. The molecule has 3 heteroatoms. The fourth-order valence-electron chi connectivity index (χ4n) is 0.989. The number of Topliss-reactive ketones (excluding diaryl/α,β-unsaturated/α-hetero) is 2. The van der Waals surface area contributed by atoms with E-state index in [-0.39, 0.29) is 15.9 Å². The summed E-state index contributed by atoms with van der Waals surface area (Å²) in [7, 11) is 0. The van der Waals surface area contributed by atoms with Crippen LogP contribution in [0.15, 0.2) is 30.3 Å². The molecule has 1 rings (SSSR count). The van der Waals surface area contributed by atoms with Crippen molar-refractivity contribution < 1.29 is 25.4 Å². The van der Waals surface area contributed by atoms with Crippen molar-refractivity contribution in [2.75, 3.05) is 0 Å². The summed E-state index contributed by atoms with van der Waals surface area (Å²) < 4.78 is 0.262. The largest absolute Gasteiger partial charge is 0.184 e. The van der Waals surface area contributed by atoms with Gasteiger partial charge in [-0.05, 0) is 0 Å². The topological polar surface area (TPSA) is 34.1 Å². The number of carbonyl (C=O) groups is 2. The van der Waals surface area contributed by atoms with Gasteiger partial charge in [-0.15, -0.1) is 0 Å². The maximum Gasteiger partial charge on any atom is -0.171 e. The van der Waals surface area contributed by atoms with Crippen LogP contribution in [0.2, 0.25) is 0 Å². The zero-order valence-corrected chi connectivity index (χ0v) is 11.5. The molecule has 0 spiro atoms. The number of ketones is 2. The minimum absolute atomic E-state index is 0.0562. The fourth-order valence-corrected chi connectivity index (χ4v) is 1.15. The van der Waals surface area contributed by atoms with E-state index in [1.54, 1.807) is 0 Å². The molecular weight excluding hydrogens is 252 g/mol. The third-order valence-electron chi connectivity index (χ3n) is 1.94. The predicted octanol–water partition coefficient (Wildman–Crippen LogP) is 2.54. The van der Waals surface area contributed by atoms with Crippen LogP contribution in [0.3, 0.4) is 0 Å². The van der Waals surface area contributed by atoms with Crippen molar-refractivity contribution in [2.45, 2.75) is 33.1 Å². The van der Waals surface area contributed by atoms with E-state index in [1.807, 2.05) is 37.3 Å². The van der Waals surface area contributed by atoms with E-state index in [4.69, 9.17) is 0 Å². The molecule has 0 amide bonds. The maximum atomic E-state index is 11.1. The molecule has 0 atom stereocenters. The first kappa shape index (κ1) is 16.0. The van der Waals surface area contributed by atoms with Crippen LogP contribution in [0.4, 0.5) is 0 Å². The first-order valence-corrected chi connectivity index (χ1v) is 6.22. The molecule has 0 bridgehead atoms. The number of rotatable bonds is 5. The van der Waals surface area contributed by atoms with Crippen LogP contribution in [0, 0.1) is 6.07 Å². The van der Waals surface area contributed by atoms with Crippen LogP contribution < -0.4 is 0 Å². The summed E-state index contributed by atoms with van der Waals surface area (Å²) in [4.78, 5) is 21.7. The van der Waals surface area contributed by atoms with Gasteiger partial charge >= 0.3 is 74.5 Å². The number of unbranched alkanes of at least 4 members (excludes halogenated alkanes) is 1. The zero-order valence-electron chi connectivity index (χ0n) is 10.2. The Morgan fingerprint density at radius 3 is 2.06 bits per heavy atom. The molecule has 1 aromatic carbocycles. The molecule has 2 nitrogen and oxygen atoms in total. The second-order valence-corrected chi connectivity index (χ2v) is 4.13. The summed E-state index contributed by atoms with van der Waals surface area (Å²) in [6, 6.07) is 12.5. The molecule has 0 radical (unpaired) electrons. The van der Waals surface area contributed by atoms with Crippen molar-refractivity contribution >= 4 is 15.9 Å². The summed E-state index contributed by atoms with van der Waals surface area (Å²) >= 11 is 2.50. The van der Waals surface area contributed by atoms with Gasteiger partial charge in [0.15, 0.2) is 0 Å². The first-order chi connectivity index (χ1) is 8.09. The second kappa shape index (κ2) is 10.1. The van der Waals surface area contributed by atoms with Crippen LogP contribution in [-0.4, -0.2) is 15.9 Å². The van der Waals surface area contributed by atoms with Crippen LogP contribution in [0.25, 0.3) is 0 Å².